The van der Waals surface area contributed by atoms with Gasteiger partial charge in [0, 0.05) is 23.4 Å². The van der Waals surface area contributed by atoms with Crippen molar-refractivity contribution in [2.24, 2.45) is 11.8 Å². The number of hydrogen-bond acceptors (Lipinski definition) is 2. The maximum absolute atomic E-state index is 6.34. The summed E-state index contributed by atoms with van der Waals surface area (Å²) in [5, 5.41) is 3.66. The Bertz CT molecular complexity index is 273. The molecular weight excluding hydrogens is 214 g/mol. The van der Waals surface area contributed by atoms with Crippen molar-refractivity contribution in [3.63, 3.8) is 0 Å². The van der Waals surface area contributed by atoms with Crippen molar-refractivity contribution in [1.82, 2.24) is 4.98 Å². The molecule has 1 aliphatic rings. The van der Waals surface area contributed by atoms with Crippen LogP contribution < -0.4 is 0 Å². The predicted octanol–water partition coefficient (Wildman–Crippen LogP) is 3.73. The highest BCUT2D eigenvalue weighted by Gasteiger charge is 2.27. The minimum absolute atomic E-state index is 0.370. The molecule has 1 heterocycles. The normalized spacial score (nSPS) is 33.1. The first-order chi connectivity index (χ1) is 6.75. The van der Waals surface area contributed by atoms with Gasteiger partial charge in [0.1, 0.15) is 0 Å². The lowest BCUT2D eigenvalue weighted by Gasteiger charge is -2.30. The lowest BCUT2D eigenvalue weighted by Crippen LogP contribution is -2.25. The van der Waals surface area contributed by atoms with Gasteiger partial charge in [-0.3, -0.25) is 0 Å². The first-order valence-electron chi connectivity index (χ1n) is 5.28. The van der Waals surface area contributed by atoms with Gasteiger partial charge in [-0.25, -0.2) is 4.98 Å². The van der Waals surface area contributed by atoms with Crippen molar-refractivity contribution in [2.45, 2.75) is 38.0 Å². The van der Waals surface area contributed by atoms with E-state index < -0.39 is 0 Å². The highest BCUT2D eigenvalue weighted by atomic mass is 35.5. The van der Waals surface area contributed by atoms with E-state index in [9.17, 15) is 0 Å². The maximum Gasteiger partial charge on any atom is 0.0928 e. The molecule has 0 spiro atoms. The highest BCUT2D eigenvalue weighted by molar-refractivity contribution is 7.09. The van der Waals surface area contributed by atoms with Crippen LogP contribution >= 0.6 is 22.9 Å². The molecule has 14 heavy (non-hydrogen) atoms. The number of alkyl halides is 1. The van der Waals surface area contributed by atoms with E-state index in [0.29, 0.717) is 11.3 Å². The quantitative estimate of drug-likeness (QED) is 0.705. The van der Waals surface area contributed by atoms with Gasteiger partial charge in [0.2, 0.25) is 0 Å². The Morgan fingerprint density at radius 1 is 1.57 bits per heavy atom. The molecule has 0 bridgehead atoms. The molecule has 1 saturated carbocycles. The summed E-state index contributed by atoms with van der Waals surface area (Å²) in [7, 11) is 0. The summed E-state index contributed by atoms with van der Waals surface area (Å²) in [6, 6.07) is 0. The molecule has 0 N–H and O–H groups in total. The van der Waals surface area contributed by atoms with Crippen molar-refractivity contribution in [3.8, 4) is 0 Å². The summed E-state index contributed by atoms with van der Waals surface area (Å²) in [5.41, 5.74) is 0. The van der Waals surface area contributed by atoms with Crippen molar-refractivity contribution in [2.75, 3.05) is 0 Å². The van der Waals surface area contributed by atoms with Crippen LogP contribution in [-0.4, -0.2) is 10.4 Å². The van der Waals surface area contributed by atoms with E-state index in [1.165, 1.54) is 24.3 Å². The van der Waals surface area contributed by atoms with Crippen LogP contribution in [0.2, 0.25) is 0 Å². The average Bonchev–Trinajstić information content (AvgIpc) is 2.64. The zero-order valence-corrected chi connectivity index (χ0v) is 10.0. The first-order valence-corrected chi connectivity index (χ1v) is 6.59. The fraction of sp³-hybridized carbons (Fsp3) is 0.727. The molecule has 3 atom stereocenters. The molecule has 0 aliphatic heterocycles. The molecule has 78 valence electrons. The van der Waals surface area contributed by atoms with E-state index in [4.69, 9.17) is 11.6 Å². The standard InChI is InChI=1S/C11H16ClNS/c1-8-2-3-10(12)9(6-8)7-11-13-4-5-14-11/h4-5,8-10H,2-3,6-7H2,1H3. The Morgan fingerprint density at radius 3 is 3.14 bits per heavy atom. The van der Waals surface area contributed by atoms with E-state index in [0.717, 1.165) is 12.3 Å². The predicted molar refractivity (Wildman–Crippen MR) is 62.0 cm³/mol. The Labute approximate surface area is 94.5 Å². The fourth-order valence-electron chi connectivity index (χ4n) is 2.25. The van der Waals surface area contributed by atoms with Crippen molar-refractivity contribution in [3.05, 3.63) is 16.6 Å². The molecule has 1 fully saturated rings. The molecule has 3 unspecified atom stereocenters. The van der Waals surface area contributed by atoms with Gasteiger partial charge in [0.25, 0.3) is 0 Å². The Kier molecular flexibility index (Phi) is 3.45. The molecule has 1 aromatic rings. The van der Waals surface area contributed by atoms with Crippen molar-refractivity contribution in [1.29, 1.82) is 0 Å². The van der Waals surface area contributed by atoms with Crippen LogP contribution in [0.15, 0.2) is 11.6 Å². The number of halogens is 1. The smallest absolute Gasteiger partial charge is 0.0928 e. The molecule has 2 rings (SSSR count). The van der Waals surface area contributed by atoms with Crippen LogP contribution in [0.1, 0.15) is 31.2 Å². The van der Waals surface area contributed by atoms with Gasteiger partial charge in [-0.15, -0.1) is 22.9 Å². The molecular formula is C11H16ClNS. The monoisotopic (exact) mass is 229 g/mol. The highest BCUT2D eigenvalue weighted by Crippen LogP contribution is 2.34. The molecule has 1 nitrogen and oxygen atoms in total. The second-order valence-electron chi connectivity index (χ2n) is 4.32. The molecule has 1 aromatic heterocycles. The number of hydrogen-bond donors (Lipinski definition) is 0. The summed E-state index contributed by atoms with van der Waals surface area (Å²) in [4.78, 5) is 4.33. The zero-order valence-electron chi connectivity index (χ0n) is 8.45. The van der Waals surface area contributed by atoms with Gasteiger partial charge in [-0.05, 0) is 31.1 Å². The minimum Gasteiger partial charge on any atom is -0.250 e. The SMILES string of the molecule is CC1CCC(Cl)C(Cc2nccs2)C1. The summed E-state index contributed by atoms with van der Waals surface area (Å²) < 4.78 is 0. The summed E-state index contributed by atoms with van der Waals surface area (Å²) >= 11 is 8.09. The zero-order chi connectivity index (χ0) is 9.97. The second-order valence-corrected chi connectivity index (χ2v) is 5.86. The van der Waals surface area contributed by atoms with E-state index in [-0.39, 0.29) is 0 Å². The van der Waals surface area contributed by atoms with E-state index in [1.54, 1.807) is 11.3 Å². The van der Waals surface area contributed by atoms with E-state index >= 15 is 0 Å². The topological polar surface area (TPSA) is 12.9 Å². The number of thiazole rings is 1. The summed E-state index contributed by atoms with van der Waals surface area (Å²) in [5.74, 6) is 1.49. The van der Waals surface area contributed by atoms with Crippen LogP contribution in [0.5, 0.6) is 0 Å². The van der Waals surface area contributed by atoms with Crippen molar-refractivity contribution >= 4 is 22.9 Å². The largest absolute Gasteiger partial charge is 0.250 e. The van der Waals surface area contributed by atoms with Crippen LogP contribution in [0.4, 0.5) is 0 Å². The van der Waals surface area contributed by atoms with Gasteiger partial charge >= 0.3 is 0 Å². The van der Waals surface area contributed by atoms with E-state index in [1.807, 2.05) is 11.6 Å². The molecule has 0 saturated heterocycles. The van der Waals surface area contributed by atoms with Gasteiger partial charge in [-0.2, -0.15) is 0 Å². The maximum atomic E-state index is 6.34. The number of rotatable bonds is 2. The van der Waals surface area contributed by atoms with Crippen molar-refractivity contribution < 1.29 is 0 Å². The lowest BCUT2D eigenvalue weighted by molar-refractivity contribution is 0.287. The van der Waals surface area contributed by atoms with Crippen LogP contribution in [0.3, 0.4) is 0 Å². The van der Waals surface area contributed by atoms with Crippen LogP contribution in [0, 0.1) is 11.8 Å². The van der Waals surface area contributed by atoms with E-state index in [2.05, 4.69) is 11.9 Å². The Morgan fingerprint density at radius 2 is 2.43 bits per heavy atom. The third-order valence-corrected chi connectivity index (χ3v) is 4.45. The summed E-state index contributed by atoms with van der Waals surface area (Å²) in [6.45, 7) is 2.33. The molecule has 0 amide bonds. The van der Waals surface area contributed by atoms with Gasteiger partial charge < -0.3 is 0 Å². The first kappa shape index (κ1) is 10.4. The minimum atomic E-state index is 0.370. The number of nitrogens with zero attached hydrogens (tertiary/aromatic N) is 1. The summed E-state index contributed by atoms with van der Waals surface area (Å²) in [6.07, 6.45) is 6.71. The third-order valence-electron chi connectivity index (χ3n) is 3.07. The third kappa shape index (κ3) is 2.48. The Balaban J connectivity index is 1.95. The van der Waals surface area contributed by atoms with Gasteiger partial charge in [-0.1, -0.05) is 6.92 Å². The molecule has 0 radical (unpaired) electrons. The fourth-order valence-corrected chi connectivity index (χ4v) is 3.28. The lowest BCUT2D eigenvalue weighted by atomic mass is 9.80. The second kappa shape index (κ2) is 4.63. The van der Waals surface area contributed by atoms with Gasteiger partial charge in [0.05, 0.1) is 5.01 Å². The van der Waals surface area contributed by atoms with Crippen LogP contribution in [-0.2, 0) is 6.42 Å². The van der Waals surface area contributed by atoms with Crippen LogP contribution in [0.25, 0.3) is 0 Å². The molecule has 1 aliphatic carbocycles. The Hall–Kier alpha value is -0.0800. The molecule has 3 heteroatoms. The number of aromatic nitrogens is 1. The average molecular weight is 230 g/mol. The van der Waals surface area contributed by atoms with Gasteiger partial charge in [0.15, 0.2) is 0 Å². The molecule has 0 aromatic carbocycles.